The summed E-state index contributed by atoms with van der Waals surface area (Å²) in [6.07, 6.45) is 3.33. The monoisotopic (exact) mass is 176 g/mol. The Balaban J connectivity index is 2.86. The van der Waals surface area contributed by atoms with Gasteiger partial charge in [0.2, 0.25) is 0 Å². The Bertz CT molecular complexity index is 304. The topological polar surface area (TPSA) is 28.7 Å². The molecule has 1 aromatic heterocycles. The molecular formula is C11H16N2. The summed E-state index contributed by atoms with van der Waals surface area (Å²) >= 11 is 0. The number of nitrogens with zero attached hydrogens (tertiary/aromatic N) is 2. The van der Waals surface area contributed by atoms with Gasteiger partial charge in [-0.1, -0.05) is 20.3 Å². The first kappa shape index (κ1) is 9.85. The standard InChI is InChI=1S/C11H16N2/c1-3-5-8-13-10(4-2)6-7-11(13)9-12/h6-7H,3-5,8H2,1-2H3. The molecule has 0 aliphatic rings. The molecule has 0 saturated heterocycles. The van der Waals surface area contributed by atoms with Gasteiger partial charge in [-0.15, -0.1) is 0 Å². The van der Waals surface area contributed by atoms with Crippen LogP contribution in [0.2, 0.25) is 0 Å². The van der Waals surface area contributed by atoms with Crippen LogP contribution in [0.25, 0.3) is 0 Å². The molecule has 1 rings (SSSR count). The molecule has 1 heterocycles. The van der Waals surface area contributed by atoms with Gasteiger partial charge in [0.1, 0.15) is 11.8 Å². The zero-order valence-electron chi connectivity index (χ0n) is 8.38. The summed E-state index contributed by atoms with van der Waals surface area (Å²) in [6.45, 7) is 5.27. The number of hydrogen-bond acceptors (Lipinski definition) is 1. The first-order valence-electron chi connectivity index (χ1n) is 4.92. The number of hydrogen-bond donors (Lipinski definition) is 0. The van der Waals surface area contributed by atoms with Crippen LogP contribution in [0.4, 0.5) is 0 Å². The molecule has 2 heteroatoms. The van der Waals surface area contributed by atoms with Crippen molar-refractivity contribution in [3.63, 3.8) is 0 Å². The molecule has 0 unspecified atom stereocenters. The molecule has 0 spiro atoms. The molecule has 0 atom stereocenters. The average molecular weight is 176 g/mol. The summed E-state index contributed by atoms with van der Waals surface area (Å²) in [6, 6.07) is 6.18. The fourth-order valence-electron chi connectivity index (χ4n) is 1.50. The van der Waals surface area contributed by atoms with E-state index in [2.05, 4.69) is 24.5 Å². The van der Waals surface area contributed by atoms with Gasteiger partial charge in [-0.2, -0.15) is 5.26 Å². The van der Waals surface area contributed by atoms with E-state index in [4.69, 9.17) is 5.26 Å². The van der Waals surface area contributed by atoms with E-state index in [1.54, 1.807) is 0 Å². The minimum absolute atomic E-state index is 0.797. The lowest BCUT2D eigenvalue weighted by Gasteiger charge is -2.07. The highest BCUT2D eigenvalue weighted by Gasteiger charge is 2.04. The third-order valence-electron chi connectivity index (χ3n) is 2.28. The van der Waals surface area contributed by atoms with E-state index < -0.39 is 0 Å². The Hall–Kier alpha value is -1.23. The molecule has 0 bridgehead atoms. The van der Waals surface area contributed by atoms with Gasteiger partial charge in [-0.3, -0.25) is 0 Å². The molecule has 0 saturated carbocycles. The van der Waals surface area contributed by atoms with Crippen LogP contribution in [-0.4, -0.2) is 4.57 Å². The lowest BCUT2D eigenvalue weighted by atomic mass is 10.3. The molecule has 2 nitrogen and oxygen atoms in total. The first-order valence-corrected chi connectivity index (χ1v) is 4.92. The fraction of sp³-hybridized carbons (Fsp3) is 0.545. The number of aryl methyl sites for hydroxylation is 1. The summed E-state index contributed by atoms with van der Waals surface area (Å²) in [4.78, 5) is 0. The van der Waals surface area contributed by atoms with Crippen LogP contribution in [-0.2, 0) is 13.0 Å². The van der Waals surface area contributed by atoms with Crippen molar-refractivity contribution in [2.45, 2.75) is 39.7 Å². The van der Waals surface area contributed by atoms with Crippen LogP contribution in [0.3, 0.4) is 0 Å². The molecule has 1 aromatic rings. The van der Waals surface area contributed by atoms with Gasteiger partial charge in [-0.25, -0.2) is 0 Å². The lowest BCUT2D eigenvalue weighted by Crippen LogP contribution is -2.04. The van der Waals surface area contributed by atoms with E-state index in [1.165, 1.54) is 12.1 Å². The van der Waals surface area contributed by atoms with Crippen molar-refractivity contribution in [3.8, 4) is 6.07 Å². The van der Waals surface area contributed by atoms with Gasteiger partial charge < -0.3 is 4.57 Å². The molecule has 0 N–H and O–H groups in total. The molecule has 0 aromatic carbocycles. The van der Waals surface area contributed by atoms with Gasteiger partial charge in [0.25, 0.3) is 0 Å². The number of aromatic nitrogens is 1. The molecular weight excluding hydrogens is 160 g/mol. The summed E-state index contributed by atoms with van der Waals surface area (Å²) in [5.41, 5.74) is 2.07. The highest BCUT2D eigenvalue weighted by molar-refractivity contribution is 5.27. The Morgan fingerprint density at radius 1 is 1.38 bits per heavy atom. The van der Waals surface area contributed by atoms with Crippen molar-refractivity contribution in [3.05, 3.63) is 23.5 Å². The molecule has 70 valence electrons. The van der Waals surface area contributed by atoms with Crippen LogP contribution in [0.15, 0.2) is 12.1 Å². The quantitative estimate of drug-likeness (QED) is 0.693. The number of rotatable bonds is 4. The van der Waals surface area contributed by atoms with Crippen molar-refractivity contribution >= 4 is 0 Å². The van der Waals surface area contributed by atoms with Crippen LogP contribution in [0, 0.1) is 11.3 Å². The molecule has 0 fully saturated rings. The zero-order valence-corrected chi connectivity index (χ0v) is 8.38. The highest BCUT2D eigenvalue weighted by Crippen LogP contribution is 2.10. The Kier molecular flexibility index (Phi) is 3.57. The van der Waals surface area contributed by atoms with Gasteiger partial charge in [-0.05, 0) is 25.0 Å². The summed E-state index contributed by atoms with van der Waals surface area (Å²) in [5.74, 6) is 0. The maximum Gasteiger partial charge on any atom is 0.120 e. The minimum Gasteiger partial charge on any atom is -0.337 e. The third kappa shape index (κ3) is 2.12. The first-order chi connectivity index (χ1) is 6.33. The number of nitriles is 1. The van der Waals surface area contributed by atoms with Gasteiger partial charge in [0.05, 0.1) is 0 Å². The molecule has 0 aliphatic carbocycles. The average Bonchev–Trinajstić information content (AvgIpc) is 2.56. The second-order valence-corrected chi connectivity index (χ2v) is 3.18. The smallest absolute Gasteiger partial charge is 0.120 e. The van der Waals surface area contributed by atoms with Gasteiger partial charge >= 0.3 is 0 Å². The van der Waals surface area contributed by atoms with Crippen LogP contribution >= 0.6 is 0 Å². The second kappa shape index (κ2) is 4.71. The minimum atomic E-state index is 0.797. The van der Waals surface area contributed by atoms with Gasteiger partial charge in [0, 0.05) is 12.2 Å². The fourth-order valence-corrected chi connectivity index (χ4v) is 1.50. The number of unbranched alkanes of at least 4 members (excludes halogenated alkanes) is 1. The van der Waals surface area contributed by atoms with Crippen LogP contribution < -0.4 is 0 Å². The van der Waals surface area contributed by atoms with Crippen molar-refractivity contribution in [2.24, 2.45) is 0 Å². The maximum atomic E-state index is 8.86. The van der Waals surface area contributed by atoms with E-state index in [1.807, 2.05) is 12.1 Å². The van der Waals surface area contributed by atoms with E-state index in [-0.39, 0.29) is 0 Å². The summed E-state index contributed by atoms with van der Waals surface area (Å²) in [7, 11) is 0. The Labute approximate surface area is 79.8 Å². The van der Waals surface area contributed by atoms with Crippen molar-refractivity contribution in [2.75, 3.05) is 0 Å². The lowest BCUT2D eigenvalue weighted by molar-refractivity contribution is 0.608. The van der Waals surface area contributed by atoms with E-state index in [9.17, 15) is 0 Å². The van der Waals surface area contributed by atoms with Crippen LogP contribution in [0.1, 0.15) is 38.1 Å². The summed E-state index contributed by atoms with van der Waals surface area (Å²) < 4.78 is 2.13. The molecule has 13 heavy (non-hydrogen) atoms. The van der Waals surface area contributed by atoms with Crippen molar-refractivity contribution in [1.29, 1.82) is 5.26 Å². The maximum absolute atomic E-state index is 8.86. The SMILES string of the molecule is CCCCn1c(C#N)ccc1CC. The third-order valence-corrected chi connectivity index (χ3v) is 2.28. The molecule has 0 amide bonds. The molecule has 0 radical (unpaired) electrons. The highest BCUT2D eigenvalue weighted by atomic mass is 15.0. The predicted octanol–water partition coefficient (Wildman–Crippen LogP) is 2.72. The van der Waals surface area contributed by atoms with Gasteiger partial charge in [0.15, 0.2) is 0 Å². The van der Waals surface area contributed by atoms with E-state index >= 15 is 0 Å². The van der Waals surface area contributed by atoms with E-state index in [0.717, 1.165) is 25.1 Å². The van der Waals surface area contributed by atoms with Crippen LogP contribution in [0.5, 0.6) is 0 Å². The normalized spacial score (nSPS) is 9.92. The predicted molar refractivity (Wildman–Crippen MR) is 53.4 cm³/mol. The molecule has 0 aliphatic heterocycles. The second-order valence-electron chi connectivity index (χ2n) is 3.18. The Morgan fingerprint density at radius 3 is 2.69 bits per heavy atom. The van der Waals surface area contributed by atoms with E-state index in [0.29, 0.717) is 0 Å². The Morgan fingerprint density at radius 2 is 2.15 bits per heavy atom. The summed E-state index contributed by atoms with van der Waals surface area (Å²) in [5, 5.41) is 8.86. The zero-order chi connectivity index (χ0) is 9.68. The largest absolute Gasteiger partial charge is 0.337 e. The van der Waals surface area contributed by atoms with Crippen molar-refractivity contribution in [1.82, 2.24) is 4.57 Å². The van der Waals surface area contributed by atoms with Crippen molar-refractivity contribution < 1.29 is 0 Å².